The van der Waals surface area contributed by atoms with Gasteiger partial charge in [-0.05, 0) is 37.3 Å². The molecule has 3 rings (SSSR count). The molecule has 1 amide bonds. The van der Waals surface area contributed by atoms with Crippen molar-refractivity contribution in [3.8, 4) is 6.07 Å². The van der Waals surface area contributed by atoms with Crippen LogP contribution in [0.25, 0.3) is 0 Å². The summed E-state index contributed by atoms with van der Waals surface area (Å²) in [6, 6.07) is 10.7. The molecule has 0 bridgehead atoms. The lowest BCUT2D eigenvalue weighted by Gasteiger charge is -2.38. The Morgan fingerprint density at radius 3 is 2.52 bits per heavy atom. The lowest BCUT2D eigenvalue weighted by molar-refractivity contribution is -0.137. The van der Waals surface area contributed by atoms with E-state index in [1.54, 1.807) is 31.2 Å². The number of anilines is 2. The standard InChI is InChI=1S/C20H20F3N5O/c1-14(19(29)26-17-4-2-3-15(11-17)12-24)27-7-9-28(10-8-27)18-6-5-16(13-25-18)20(21,22)23/h2-6,11,13-14H,7-10H2,1H3,(H,26,29)/t14-/m0/s1. The maximum atomic E-state index is 12.7. The highest BCUT2D eigenvalue weighted by Crippen LogP contribution is 2.29. The molecular weight excluding hydrogens is 383 g/mol. The normalized spacial score (nSPS) is 16.2. The first kappa shape index (κ1) is 20.6. The number of piperazine rings is 1. The Balaban J connectivity index is 1.55. The molecule has 1 saturated heterocycles. The van der Waals surface area contributed by atoms with Crippen LogP contribution < -0.4 is 10.2 Å². The average molecular weight is 403 g/mol. The number of hydrogen-bond donors (Lipinski definition) is 1. The third-order valence-corrected chi connectivity index (χ3v) is 4.90. The van der Waals surface area contributed by atoms with Gasteiger partial charge >= 0.3 is 6.18 Å². The minimum absolute atomic E-state index is 0.179. The number of rotatable bonds is 4. The number of halogens is 3. The van der Waals surface area contributed by atoms with Gasteiger partial charge in [0.05, 0.1) is 23.2 Å². The molecule has 2 aromatic rings. The lowest BCUT2D eigenvalue weighted by Crippen LogP contribution is -2.53. The number of aromatic nitrogens is 1. The van der Waals surface area contributed by atoms with Gasteiger partial charge in [-0.25, -0.2) is 4.98 Å². The van der Waals surface area contributed by atoms with Crippen molar-refractivity contribution < 1.29 is 18.0 Å². The molecule has 0 radical (unpaired) electrons. The van der Waals surface area contributed by atoms with E-state index in [0.717, 1.165) is 12.3 Å². The molecular formula is C20H20F3N5O. The zero-order valence-electron chi connectivity index (χ0n) is 15.8. The number of hydrogen-bond acceptors (Lipinski definition) is 5. The smallest absolute Gasteiger partial charge is 0.354 e. The fourth-order valence-electron chi connectivity index (χ4n) is 3.16. The largest absolute Gasteiger partial charge is 0.417 e. The van der Waals surface area contributed by atoms with Gasteiger partial charge in [-0.2, -0.15) is 18.4 Å². The van der Waals surface area contributed by atoms with Crippen LogP contribution in [0, 0.1) is 11.3 Å². The van der Waals surface area contributed by atoms with Crippen molar-refractivity contribution in [3.63, 3.8) is 0 Å². The predicted octanol–water partition coefficient (Wildman–Crippen LogP) is 3.12. The molecule has 0 aliphatic carbocycles. The van der Waals surface area contributed by atoms with Crippen molar-refractivity contribution in [2.45, 2.75) is 19.1 Å². The Morgan fingerprint density at radius 1 is 1.21 bits per heavy atom. The second-order valence-electron chi connectivity index (χ2n) is 6.78. The third kappa shape index (κ3) is 5.03. The van der Waals surface area contributed by atoms with Gasteiger partial charge in [0.15, 0.2) is 0 Å². The van der Waals surface area contributed by atoms with Gasteiger partial charge in [0, 0.05) is 38.1 Å². The summed E-state index contributed by atoms with van der Waals surface area (Å²) < 4.78 is 38.0. The highest BCUT2D eigenvalue weighted by molar-refractivity contribution is 5.94. The van der Waals surface area contributed by atoms with Crippen LogP contribution in [0.1, 0.15) is 18.1 Å². The van der Waals surface area contributed by atoms with Crippen LogP contribution in [0.3, 0.4) is 0 Å². The molecule has 1 aromatic carbocycles. The van der Waals surface area contributed by atoms with E-state index in [9.17, 15) is 18.0 Å². The van der Waals surface area contributed by atoms with Crippen molar-refractivity contribution >= 4 is 17.4 Å². The summed E-state index contributed by atoms with van der Waals surface area (Å²) in [6.07, 6.45) is -3.56. The van der Waals surface area contributed by atoms with E-state index in [1.807, 2.05) is 15.9 Å². The predicted molar refractivity (Wildman–Crippen MR) is 102 cm³/mol. The summed E-state index contributed by atoms with van der Waals surface area (Å²) in [7, 11) is 0. The van der Waals surface area contributed by atoms with Gasteiger partial charge in [-0.3, -0.25) is 9.69 Å². The monoisotopic (exact) mass is 403 g/mol. The molecule has 1 N–H and O–H groups in total. The van der Waals surface area contributed by atoms with Gasteiger partial charge in [-0.1, -0.05) is 6.07 Å². The maximum Gasteiger partial charge on any atom is 0.417 e. The summed E-state index contributed by atoms with van der Waals surface area (Å²) in [5, 5.41) is 11.8. The van der Waals surface area contributed by atoms with Crippen LogP contribution in [0.2, 0.25) is 0 Å². The Labute approximate surface area is 166 Å². The SMILES string of the molecule is C[C@@H](C(=O)Nc1cccc(C#N)c1)N1CCN(c2ccc(C(F)(F)F)cn2)CC1. The van der Waals surface area contributed by atoms with E-state index in [2.05, 4.69) is 10.3 Å². The van der Waals surface area contributed by atoms with Crippen molar-refractivity contribution in [2.24, 2.45) is 0 Å². The molecule has 0 unspecified atom stereocenters. The van der Waals surface area contributed by atoms with E-state index in [1.165, 1.54) is 6.07 Å². The highest BCUT2D eigenvalue weighted by Gasteiger charge is 2.31. The van der Waals surface area contributed by atoms with Crippen LogP contribution in [0.4, 0.5) is 24.7 Å². The number of amides is 1. The van der Waals surface area contributed by atoms with Crippen LogP contribution in [0.5, 0.6) is 0 Å². The molecule has 29 heavy (non-hydrogen) atoms. The minimum Gasteiger partial charge on any atom is -0.354 e. The molecule has 1 aromatic heterocycles. The Morgan fingerprint density at radius 2 is 1.93 bits per heavy atom. The molecule has 9 heteroatoms. The van der Waals surface area contributed by atoms with Gasteiger partial charge in [0.2, 0.25) is 5.91 Å². The Hall–Kier alpha value is -3.12. The van der Waals surface area contributed by atoms with E-state index in [0.29, 0.717) is 43.2 Å². The van der Waals surface area contributed by atoms with Crippen LogP contribution in [0.15, 0.2) is 42.6 Å². The zero-order chi connectivity index (χ0) is 21.0. The number of pyridine rings is 1. The first-order valence-corrected chi connectivity index (χ1v) is 9.11. The third-order valence-electron chi connectivity index (χ3n) is 4.90. The molecule has 152 valence electrons. The topological polar surface area (TPSA) is 72.3 Å². The van der Waals surface area contributed by atoms with E-state index in [-0.39, 0.29) is 11.9 Å². The molecule has 1 fully saturated rings. The molecule has 1 aliphatic heterocycles. The minimum atomic E-state index is -4.40. The number of nitrogens with zero attached hydrogens (tertiary/aromatic N) is 4. The van der Waals surface area contributed by atoms with Crippen LogP contribution >= 0.6 is 0 Å². The molecule has 1 atom stereocenters. The summed E-state index contributed by atoms with van der Waals surface area (Å²) in [6.45, 7) is 4.07. The first-order valence-electron chi connectivity index (χ1n) is 9.11. The molecule has 0 spiro atoms. The number of carbonyl (C=O) groups excluding carboxylic acids is 1. The highest BCUT2D eigenvalue weighted by atomic mass is 19.4. The number of nitrogens with one attached hydrogen (secondary N) is 1. The first-order chi connectivity index (χ1) is 13.8. The fraction of sp³-hybridized carbons (Fsp3) is 0.350. The summed E-state index contributed by atoms with van der Waals surface area (Å²) in [4.78, 5) is 20.4. The van der Waals surface area contributed by atoms with Gasteiger partial charge in [0.1, 0.15) is 5.82 Å². The molecule has 2 heterocycles. The second kappa shape index (κ2) is 8.49. The van der Waals surface area contributed by atoms with E-state index in [4.69, 9.17) is 5.26 Å². The second-order valence-corrected chi connectivity index (χ2v) is 6.78. The summed E-state index contributed by atoms with van der Waals surface area (Å²) in [5.41, 5.74) is 0.257. The lowest BCUT2D eigenvalue weighted by atomic mass is 10.2. The van der Waals surface area contributed by atoms with Crippen LogP contribution in [-0.2, 0) is 11.0 Å². The summed E-state index contributed by atoms with van der Waals surface area (Å²) >= 11 is 0. The van der Waals surface area contributed by atoms with Crippen LogP contribution in [-0.4, -0.2) is 48.0 Å². The van der Waals surface area contributed by atoms with Gasteiger partial charge in [0.25, 0.3) is 0 Å². The Kier molecular flexibility index (Phi) is 6.03. The van der Waals surface area contributed by atoms with Crippen molar-refractivity contribution in [1.82, 2.24) is 9.88 Å². The Bertz CT molecular complexity index is 900. The molecule has 6 nitrogen and oxygen atoms in total. The van der Waals surface area contributed by atoms with E-state index < -0.39 is 11.7 Å². The fourth-order valence-corrected chi connectivity index (χ4v) is 3.16. The van der Waals surface area contributed by atoms with Crippen molar-refractivity contribution in [3.05, 3.63) is 53.7 Å². The van der Waals surface area contributed by atoms with E-state index >= 15 is 0 Å². The number of carbonyl (C=O) groups is 1. The molecule has 1 aliphatic rings. The average Bonchev–Trinajstić information content (AvgIpc) is 2.73. The molecule has 0 saturated carbocycles. The number of nitriles is 1. The van der Waals surface area contributed by atoms with Crippen molar-refractivity contribution in [2.75, 3.05) is 36.4 Å². The van der Waals surface area contributed by atoms with Gasteiger partial charge < -0.3 is 10.2 Å². The van der Waals surface area contributed by atoms with Crippen molar-refractivity contribution in [1.29, 1.82) is 5.26 Å². The zero-order valence-corrected chi connectivity index (χ0v) is 15.8. The maximum absolute atomic E-state index is 12.7. The quantitative estimate of drug-likeness (QED) is 0.849. The number of benzene rings is 1. The summed E-state index contributed by atoms with van der Waals surface area (Å²) in [5.74, 6) is 0.310. The number of alkyl halides is 3. The van der Waals surface area contributed by atoms with Gasteiger partial charge in [-0.15, -0.1) is 0 Å².